The van der Waals surface area contributed by atoms with E-state index in [1.54, 1.807) is 6.07 Å². The highest BCUT2D eigenvalue weighted by molar-refractivity contribution is 5.95. The van der Waals surface area contributed by atoms with Gasteiger partial charge in [0.05, 0.1) is 17.3 Å². The zero-order valence-corrected chi connectivity index (χ0v) is 16.3. The van der Waals surface area contributed by atoms with Crippen LogP contribution in [-0.4, -0.2) is 35.4 Å². The second kappa shape index (κ2) is 8.63. The fourth-order valence-electron chi connectivity index (χ4n) is 4.03. The van der Waals surface area contributed by atoms with Crippen LogP contribution in [0.2, 0.25) is 0 Å². The summed E-state index contributed by atoms with van der Waals surface area (Å²) in [5.41, 5.74) is 6.76. The van der Waals surface area contributed by atoms with Gasteiger partial charge in [-0.15, -0.1) is 0 Å². The lowest BCUT2D eigenvalue weighted by molar-refractivity contribution is 0.0997. The number of aliphatic hydroxyl groups excluding tert-OH is 1. The van der Waals surface area contributed by atoms with E-state index in [1.807, 2.05) is 18.2 Å². The normalized spacial score (nSPS) is 17.1. The van der Waals surface area contributed by atoms with Crippen LogP contribution in [0.15, 0.2) is 48.5 Å². The number of carbonyl (C=O) groups is 1. The average Bonchev–Trinajstić information content (AvgIpc) is 2.73. The number of aliphatic hydroxyl groups is 1. The van der Waals surface area contributed by atoms with Gasteiger partial charge in [0.2, 0.25) is 0 Å². The minimum atomic E-state index is -0.818. The van der Waals surface area contributed by atoms with Crippen LogP contribution in [0.4, 0.5) is 5.69 Å². The van der Waals surface area contributed by atoms with Crippen molar-refractivity contribution in [3.8, 4) is 5.75 Å². The molecule has 5 N–H and O–H groups in total. The van der Waals surface area contributed by atoms with Gasteiger partial charge in [-0.2, -0.15) is 0 Å². The number of amides is 1. The lowest BCUT2D eigenvalue weighted by atomic mass is 9.87. The molecule has 1 aliphatic rings. The van der Waals surface area contributed by atoms with Crippen LogP contribution in [0.3, 0.4) is 0 Å². The van der Waals surface area contributed by atoms with Crippen molar-refractivity contribution in [3.63, 3.8) is 0 Å². The largest absolute Gasteiger partial charge is 0.507 e. The maximum absolute atomic E-state index is 11.5. The van der Waals surface area contributed by atoms with Crippen LogP contribution < -0.4 is 16.0 Å². The SMILES string of the molecule is CN(c1ccccc1)C1(NCC(O)c2ccc(O)c(C(N)=O)c2)CCCCC1. The second-order valence-corrected chi connectivity index (χ2v) is 7.52. The standard InChI is InChI=1S/C22H29N3O3/c1-25(17-8-4-2-5-9-17)22(12-6-3-7-13-22)24-15-20(27)16-10-11-19(26)18(14-16)21(23)28/h2,4-5,8-11,14,20,24,26-27H,3,6-7,12-13,15H2,1H3,(H2,23,28). The van der Waals surface area contributed by atoms with Crippen molar-refractivity contribution in [1.29, 1.82) is 0 Å². The summed E-state index contributed by atoms with van der Waals surface area (Å²) in [5, 5.41) is 24.0. The Labute approximate surface area is 166 Å². The Kier molecular flexibility index (Phi) is 6.21. The molecule has 1 atom stereocenters. The predicted molar refractivity (Wildman–Crippen MR) is 110 cm³/mol. The highest BCUT2D eigenvalue weighted by atomic mass is 16.3. The smallest absolute Gasteiger partial charge is 0.252 e. The second-order valence-electron chi connectivity index (χ2n) is 7.52. The molecule has 1 saturated carbocycles. The maximum Gasteiger partial charge on any atom is 0.252 e. The molecular weight excluding hydrogens is 354 g/mol. The number of anilines is 1. The van der Waals surface area contributed by atoms with Crippen molar-refractivity contribution in [3.05, 3.63) is 59.7 Å². The molecule has 6 nitrogen and oxygen atoms in total. The van der Waals surface area contributed by atoms with Gasteiger partial charge in [-0.25, -0.2) is 0 Å². The summed E-state index contributed by atoms with van der Waals surface area (Å²) in [7, 11) is 2.09. The summed E-state index contributed by atoms with van der Waals surface area (Å²) in [6, 6.07) is 14.7. The van der Waals surface area contributed by atoms with E-state index in [0.29, 0.717) is 12.1 Å². The van der Waals surface area contributed by atoms with Crippen LogP contribution in [0.25, 0.3) is 0 Å². The fraction of sp³-hybridized carbons (Fsp3) is 0.409. The Morgan fingerprint density at radius 1 is 1.18 bits per heavy atom. The van der Waals surface area contributed by atoms with Crippen molar-refractivity contribution >= 4 is 11.6 Å². The quantitative estimate of drug-likeness (QED) is 0.551. The Morgan fingerprint density at radius 2 is 1.86 bits per heavy atom. The molecule has 0 heterocycles. The number of phenols is 1. The van der Waals surface area contributed by atoms with Gasteiger partial charge < -0.3 is 20.8 Å². The van der Waals surface area contributed by atoms with Crippen molar-refractivity contribution < 1.29 is 15.0 Å². The third-order valence-corrected chi connectivity index (χ3v) is 5.76. The molecule has 28 heavy (non-hydrogen) atoms. The number of nitrogens with two attached hydrogens (primary N) is 1. The number of nitrogens with zero attached hydrogens (tertiary/aromatic N) is 1. The molecule has 0 spiro atoms. The first kappa shape index (κ1) is 20.2. The molecule has 0 radical (unpaired) electrons. The minimum absolute atomic E-state index is 0.0188. The average molecular weight is 383 g/mol. The lowest BCUT2D eigenvalue weighted by Crippen LogP contribution is -2.59. The molecule has 6 heteroatoms. The van der Waals surface area contributed by atoms with Gasteiger partial charge in [0.1, 0.15) is 5.75 Å². The topological polar surface area (TPSA) is 98.8 Å². The van der Waals surface area contributed by atoms with Crippen molar-refractivity contribution in [2.75, 3.05) is 18.5 Å². The first-order chi connectivity index (χ1) is 13.4. The molecule has 150 valence electrons. The van der Waals surface area contributed by atoms with Crippen LogP contribution in [0.5, 0.6) is 5.75 Å². The minimum Gasteiger partial charge on any atom is -0.507 e. The lowest BCUT2D eigenvalue weighted by Gasteiger charge is -2.47. The first-order valence-corrected chi connectivity index (χ1v) is 9.78. The highest BCUT2D eigenvalue weighted by Gasteiger charge is 2.36. The number of aromatic hydroxyl groups is 1. The van der Waals surface area contributed by atoms with E-state index in [-0.39, 0.29) is 17.0 Å². The van der Waals surface area contributed by atoms with Crippen molar-refractivity contribution in [2.45, 2.75) is 43.9 Å². The highest BCUT2D eigenvalue weighted by Crippen LogP contribution is 2.34. The van der Waals surface area contributed by atoms with Gasteiger partial charge in [-0.3, -0.25) is 10.1 Å². The first-order valence-electron chi connectivity index (χ1n) is 9.78. The number of rotatable bonds is 7. The monoisotopic (exact) mass is 383 g/mol. The summed E-state index contributed by atoms with van der Waals surface area (Å²) in [6.07, 6.45) is 4.65. The van der Waals surface area contributed by atoms with Gasteiger partial charge in [0, 0.05) is 19.3 Å². The zero-order chi connectivity index (χ0) is 20.1. The van der Waals surface area contributed by atoms with E-state index in [4.69, 9.17) is 5.73 Å². The van der Waals surface area contributed by atoms with Gasteiger partial charge in [-0.1, -0.05) is 30.7 Å². The molecule has 2 aromatic rings. The zero-order valence-electron chi connectivity index (χ0n) is 16.3. The van der Waals surface area contributed by atoms with Crippen LogP contribution in [0, 0.1) is 0 Å². The fourth-order valence-corrected chi connectivity index (χ4v) is 4.03. The van der Waals surface area contributed by atoms with Gasteiger partial charge >= 0.3 is 0 Å². The molecule has 0 aliphatic heterocycles. The number of hydrogen-bond donors (Lipinski definition) is 4. The number of hydrogen-bond acceptors (Lipinski definition) is 5. The molecule has 1 aliphatic carbocycles. The van der Waals surface area contributed by atoms with Gasteiger partial charge in [-0.05, 0) is 55.5 Å². The van der Waals surface area contributed by atoms with E-state index in [0.717, 1.165) is 31.4 Å². The number of carbonyl (C=O) groups excluding carboxylic acids is 1. The van der Waals surface area contributed by atoms with E-state index >= 15 is 0 Å². The van der Waals surface area contributed by atoms with E-state index < -0.39 is 12.0 Å². The molecule has 3 rings (SSSR count). The Hall–Kier alpha value is -2.57. The summed E-state index contributed by atoms with van der Waals surface area (Å²) in [6.45, 7) is 0.333. The van der Waals surface area contributed by atoms with Gasteiger partial charge in [0.15, 0.2) is 0 Å². The maximum atomic E-state index is 11.5. The van der Waals surface area contributed by atoms with E-state index in [9.17, 15) is 15.0 Å². The molecule has 0 bridgehead atoms. The Bertz CT molecular complexity index is 804. The molecule has 0 aromatic heterocycles. The third kappa shape index (κ3) is 4.29. The third-order valence-electron chi connectivity index (χ3n) is 5.76. The summed E-state index contributed by atoms with van der Waals surface area (Å²) in [5.74, 6) is -0.893. The van der Waals surface area contributed by atoms with Crippen molar-refractivity contribution in [2.24, 2.45) is 5.73 Å². The number of benzene rings is 2. The molecule has 2 aromatic carbocycles. The molecule has 1 unspecified atom stereocenters. The summed E-state index contributed by atoms with van der Waals surface area (Å²) in [4.78, 5) is 13.7. The Morgan fingerprint density at radius 3 is 2.50 bits per heavy atom. The number of primary amides is 1. The molecular formula is C22H29N3O3. The number of para-hydroxylation sites is 1. The Balaban J connectivity index is 1.77. The van der Waals surface area contributed by atoms with E-state index in [1.165, 1.54) is 18.6 Å². The van der Waals surface area contributed by atoms with Crippen LogP contribution in [-0.2, 0) is 0 Å². The predicted octanol–water partition coefficient (Wildman–Crippen LogP) is 2.91. The van der Waals surface area contributed by atoms with Crippen LogP contribution in [0.1, 0.15) is 54.1 Å². The molecule has 0 saturated heterocycles. The molecule has 1 amide bonds. The van der Waals surface area contributed by atoms with Crippen molar-refractivity contribution in [1.82, 2.24) is 5.32 Å². The number of nitrogens with one attached hydrogen (secondary N) is 1. The van der Waals surface area contributed by atoms with Crippen LogP contribution >= 0.6 is 0 Å². The molecule has 1 fully saturated rings. The van der Waals surface area contributed by atoms with E-state index in [2.05, 4.69) is 29.4 Å². The summed E-state index contributed by atoms with van der Waals surface area (Å²) >= 11 is 0. The summed E-state index contributed by atoms with van der Waals surface area (Å²) < 4.78 is 0. The van der Waals surface area contributed by atoms with Gasteiger partial charge in [0.25, 0.3) is 5.91 Å².